The van der Waals surface area contributed by atoms with Gasteiger partial charge in [0.1, 0.15) is 0 Å². The van der Waals surface area contributed by atoms with Crippen molar-refractivity contribution in [2.24, 2.45) is 0 Å². The normalized spacial score (nSPS) is 6.70. The van der Waals surface area contributed by atoms with Gasteiger partial charge < -0.3 is 0 Å². The Morgan fingerprint density at radius 3 is 1.90 bits per heavy atom. The number of hydrogen-bond donors (Lipinski definition) is 2. The van der Waals surface area contributed by atoms with Crippen LogP contribution in [0.5, 0.6) is 0 Å². The first kappa shape index (κ1) is 16.5. The maximum absolute atomic E-state index is 11.3. The number of carbonyl (C=O) groups excluding carboxylic acids is 1. The lowest BCUT2D eigenvalue weighted by molar-refractivity contribution is -0.128. The molecule has 0 amide bonds. The van der Waals surface area contributed by atoms with Crippen LogP contribution >= 0.6 is 25.3 Å². The first-order valence-corrected chi connectivity index (χ1v) is 2.79. The Labute approximate surface area is 67.2 Å². The molecule has 0 aromatic heterocycles. The van der Waals surface area contributed by atoms with Crippen molar-refractivity contribution in [1.29, 1.82) is 0 Å². The molecule has 0 aromatic rings. The molecule has 0 aliphatic rings. The Kier molecular flexibility index (Phi) is 14.7. The van der Waals surface area contributed by atoms with Crippen LogP contribution in [0, 0.1) is 0 Å². The van der Waals surface area contributed by atoms with Crippen LogP contribution in [-0.4, -0.2) is 6.04 Å². The predicted octanol–water partition coefficient (Wildman–Crippen LogP) is 1.88. The Bertz CT molecular complexity index is 122. The highest BCUT2D eigenvalue weighted by Crippen LogP contribution is 2.05. The zero-order chi connectivity index (χ0) is 6.57. The fourth-order valence-corrected chi connectivity index (χ4v) is 0.354. The Balaban J connectivity index is -0.000000245. The van der Waals surface area contributed by atoms with E-state index in [1.165, 1.54) is 6.08 Å². The van der Waals surface area contributed by atoms with E-state index in [9.17, 15) is 9.18 Å². The van der Waals surface area contributed by atoms with Gasteiger partial charge in [-0.15, -0.1) is 25.3 Å². The summed E-state index contributed by atoms with van der Waals surface area (Å²) in [7, 11) is 0. The van der Waals surface area contributed by atoms with E-state index in [1.54, 1.807) is 0 Å². The molecule has 62 valence electrons. The van der Waals surface area contributed by atoms with Crippen molar-refractivity contribution in [2.45, 2.75) is 6.42 Å². The Morgan fingerprint density at radius 1 is 1.40 bits per heavy atom. The van der Waals surface area contributed by atoms with E-state index in [4.69, 9.17) is 0 Å². The number of carbonyl (C=O) groups is 1. The van der Waals surface area contributed by atoms with E-state index in [0.717, 1.165) is 0 Å². The summed E-state index contributed by atoms with van der Waals surface area (Å²) < 4.78 is 11.7. The standard InChI is InChI=1S/C4H5FOS2.2FH/c5-3(6)1-2-4(7)8;;/h2,7-8H,1H2;2*1H. The lowest BCUT2D eigenvalue weighted by Crippen LogP contribution is -1.80. The smallest absolute Gasteiger partial charge is 0.269 e. The highest BCUT2D eigenvalue weighted by atomic mass is 32.2. The molecule has 0 saturated heterocycles. The van der Waals surface area contributed by atoms with Gasteiger partial charge in [0.25, 0.3) is 0 Å². The van der Waals surface area contributed by atoms with Crippen LogP contribution in [0.3, 0.4) is 0 Å². The lowest BCUT2D eigenvalue weighted by atomic mass is 10.5. The minimum atomic E-state index is -1.37. The SMILES string of the molecule is F.F.O=C(F)CC=C(S)S. The summed E-state index contributed by atoms with van der Waals surface area (Å²) in [5, 5.41) is 0. The molecule has 0 bridgehead atoms. The van der Waals surface area contributed by atoms with E-state index in [1.807, 2.05) is 0 Å². The number of thiol groups is 2. The van der Waals surface area contributed by atoms with Gasteiger partial charge in [-0.2, -0.15) is 4.39 Å². The summed E-state index contributed by atoms with van der Waals surface area (Å²) in [5.74, 6) is 0. The molecular weight excluding hydrogens is 185 g/mol. The summed E-state index contributed by atoms with van der Waals surface area (Å²) in [5.41, 5.74) is 0. The molecule has 0 aromatic carbocycles. The number of rotatable bonds is 2. The third kappa shape index (κ3) is 15.7. The van der Waals surface area contributed by atoms with Crippen molar-refractivity contribution >= 4 is 31.3 Å². The molecule has 0 aliphatic heterocycles. The van der Waals surface area contributed by atoms with Gasteiger partial charge in [-0.3, -0.25) is 14.2 Å². The molecule has 0 unspecified atom stereocenters. The summed E-state index contributed by atoms with van der Waals surface area (Å²) >= 11 is 7.36. The largest absolute Gasteiger partial charge is 0.305 e. The second-order valence-corrected chi connectivity index (χ2v) is 2.44. The van der Waals surface area contributed by atoms with Crippen molar-refractivity contribution in [3.8, 4) is 0 Å². The summed E-state index contributed by atoms with van der Waals surface area (Å²) in [6.45, 7) is 0. The third-order valence-electron chi connectivity index (χ3n) is 0.445. The van der Waals surface area contributed by atoms with E-state index in [0.29, 0.717) is 4.24 Å². The second-order valence-electron chi connectivity index (χ2n) is 1.12. The maximum atomic E-state index is 11.3. The first-order valence-electron chi connectivity index (χ1n) is 1.89. The average Bonchev–Trinajstić information content (AvgIpc) is 1.61. The van der Waals surface area contributed by atoms with Gasteiger partial charge in [0, 0.05) is 4.24 Å². The minimum absolute atomic E-state index is 0. The molecule has 0 rings (SSSR count). The molecule has 0 saturated carbocycles. The van der Waals surface area contributed by atoms with Crippen LogP contribution in [0.4, 0.5) is 13.8 Å². The predicted molar refractivity (Wildman–Crippen MR) is 41.8 cm³/mol. The van der Waals surface area contributed by atoms with Crippen LogP contribution < -0.4 is 0 Å². The van der Waals surface area contributed by atoms with Crippen molar-refractivity contribution in [2.75, 3.05) is 0 Å². The third-order valence-corrected chi connectivity index (χ3v) is 0.810. The number of allylic oxidation sites excluding steroid dienone is 1. The van der Waals surface area contributed by atoms with Gasteiger partial charge in [0.05, 0.1) is 6.42 Å². The quantitative estimate of drug-likeness (QED) is 0.504. The molecule has 0 spiro atoms. The van der Waals surface area contributed by atoms with Gasteiger partial charge in [-0.25, -0.2) is 0 Å². The monoisotopic (exact) mass is 192 g/mol. The fourth-order valence-electron chi connectivity index (χ4n) is 0.172. The molecule has 0 fully saturated rings. The van der Waals surface area contributed by atoms with Crippen molar-refractivity contribution < 1.29 is 18.6 Å². The minimum Gasteiger partial charge on any atom is -0.269 e. The molecule has 0 atom stereocenters. The molecule has 0 aliphatic carbocycles. The topological polar surface area (TPSA) is 17.1 Å². The van der Waals surface area contributed by atoms with E-state index in [-0.39, 0.29) is 15.8 Å². The van der Waals surface area contributed by atoms with E-state index >= 15 is 0 Å². The summed E-state index contributed by atoms with van der Waals surface area (Å²) in [6.07, 6.45) is 1.05. The van der Waals surface area contributed by atoms with Crippen LogP contribution in [0.1, 0.15) is 6.42 Å². The maximum Gasteiger partial charge on any atom is 0.305 e. The van der Waals surface area contributed by atoms with Crippen LogP contribution in [0.15, 0.2) is 10.3 Å². The zero-order valence-corrected chi connectivity index (χ0v) is 6.57. The van der Waals surface area contributed by atoms with Gasteiger partial charge in [0.15, 0.2) is 0 Å². The van der Waals surface area contributed by atoms with Crippen LogP contribution in [0.25, 0.3) is 0 Å². The van der Waals surface area contributed by atoms with Crippen molar-refractivity contribution in [3.63, 3.8) is 0 Å². The first-order chi connectivity index (χ1) is 3.63. The molecule has 10 heavy (non-hydrogen) atoms. The Hall–Kier alpha value is -0.100. The van der Waals surface area contributed by atoms with Gasteiger partial charge in [-0.1, -0.05) is 6.08 Å². The van der Waals surface area contributed by atoms with Crippen LogP contribution in [0.2, 0.25) is 0 Å². The zero-order valence-electron chi connectivity index (χ0n) is 4.78. The van der Waals surface area contributed by atoms with Crippen molar-refractivity contribution in [1.82, 2.24) is 0 Å². The fraction of sp³-hybridized carbons (Fsp3) is 0.250. The molecule has 0 radical (unpaired) electrons. The lowest BCUT2D eigenvalue weighted by Gasteiger charge is -1.81. The van der Waals surface area contributed by atoms with Gasteiger partial charge in [0.2, 0.25) is 0 Å². The van der Waals surface area contributed by atoms with E-state index in [2.05, 4.69) is 25.3 Å². The molecule has 0 N–H and O–H groups in total. The van der Waals surface area contributed by atoms with Gasteiger partial charge in [-0.05, 0) is 0 Å². The molecular formula is C4H7F3OS2. The number of halogens is 3. The molecule has 6 heteroatoms. The van der Waals surface area contributed by atoms with Gasteiger partial charge >= 0.3 is 6.04 Å². The Morgan fingerprint density at radius 2 is 1.80 bits per heavy atom. The van der Waals surface area contributed by atoms with Crippen molar-refractivity contribution in [3.05, 3.63) is 10.3 Å². The average molecular weight is 192 g/mol. The summed E-state index contributed by atoms with van der Waals surface area (Å²) in [4.78, 5) is 9.57. The molecule has 0 heterocycles. The second kappa shape index (κ2) is 8.90. The molecule has 1 nitrogen and oxygen atoms in total. The van der Waals surface area contributed by atoms with Crippen LogP contribution in [-0.2, 0) is 4.79 Å². The van der Waals surface area contributed by atoms with E-state index < -0.39 is 6.04 Å². The summed E-state index contributed by atoms with van der Waals surface area (Å²) in [6, 6.07) is -1.37. The highest BCUT2D eigenvalue weighted by molar-refractivity contribution is 8.05. The highest BCUT2D eigenvalue weighted by Gasteiger charge is 1.91. The number of hydrogen-bond acceptors (Lipinski definition) is 3.